The van der Waals surface area contributed by atoms with E-state index >= 15 is 0 Å². The first-order valence-corrected chi connectivity index (χ1v) is 7.20. The van der Waals surface area contributed by atoms with E-state index in [2.05, 4.69) is 40.1 Å². The number of methoxy groups -OCH3 is 1. The van der Waals surface area contributed by atoms with Crippen molar-refractivity contribution in [2.45, 2.75) is 31.7 Å². The SMILES string of the molecule is COc1c(-c2cnc[nH]2)cccc1N(C)C1CCCC1. The Hall–Kier alpha value is -1.97. The molecule has 3 rings (SSSR count). The minimum atomic E-state index is 0.626. The summed E-state index contributed by atoms with van der Waals surface area (Å²) < 4.78 is 5.69. The standard InChI is InChI=1S/C16H21N3O/c1-19(12-6-3-4-7-12)15-9-5-8-13(16(15)20-2)14-10-17-11-18-14/h5,8-12H,3-4,6-7H2,1-2H3,(H,17,18). The first kappa shape index (κ1) is 13.0. The van der Waals surface area contributed by atoms with Crippen LogP contribution in [-0.4, -0.2) is 30.2 Å². The Bertz CT molecular complexity index is 559. The maximum absolute atomic E-state index is 5.69. The molecule has 1 aromatic carbocycles. The van der Waals surface area contributed by atoms with Crippen LogP contribution < -0.4 is 9.64 Å². The van der Waals surface area contributed by atoms with Gasteiger partial charge in [0.1, 0.15) is 0 Å². The van der Waals surface area contributed by atoms with Gasteiger partial charge >= 0.3 is 0 Å². The van der Waals surface area contributed by atoms with Crippen LogP contribution in [0.2, 0.25) is 0 Å². The Kier molecular flexibility index (Phi) is 3.63. The highest BCUT2D eigenvalue weighted by Gasteiger charge is 2.23. The zero-order valence-electron chi connectivity index (χ0n) is 12.1. The maximum atomic E-state index is 5.69. The lowest BCUT2D eigenvalue weighted by atomic mass is 10.1. The number of hydrogen-bond donors (Lipinski definition) is 1. The third-order valence-corrected chi connectivity index (χ3v) is 4.24. The number of nitrogens with zero attached hydrogens (tertiary/aromatic N) is 2. The molecule has 1 fully saturated rings. The first-order valence-electron chi connectivity index (χ1n) is 7.20. The van der Waals surface area contributed by atoms with Gasteiger partial charge in [-0.25, -0.2) is 4.98 Å². The number of para-hydroxylation sites is 1. The Balaban J connectivity index is 2.00. The summed E-state index contributed by atoms with van der Waals surface area (Å²) in [7, 11) is 3.91. The van der Waals surface area contributed by atoms with Crippen molar-refractivity contribution in [3.8, 4) is 17.0 Å². The first-order chi connectivity index (χ1) is 9.81. The molecule has 4 heteroatoms. The summed E-state index contributed by atoms with van der Waals surface area (Å²) in [6, 6.07) is 6.91. The van der Waals surface area contributed by atoms with E-state index in [-0.39, 0.29) is 0 Å². The van der Waals surface area contributed by atoms with Gasteiger partial charge in [0.15, 0.2) is 5.75 Å². The van der Waals surface area contributed by atoms with Crippen LogP contribution in [0.3, 0.4) is 0 Å². The number of aromatic amines is 1. The lowest BCUT2D eigenvalue weighted by molar-refractivity contribution is 0.415. The summed E-state index contributed by atoms with van der Waals surface area (Å²) >= 11 is 0. The van der Waals surface area contributed by atoms with E-state index in [1.54, 1.807) is 13.4 Å². The van der Waals surface area contributed by atoms with Gasteiger partial charge in [0, 0.05) is 18.7 Å². The number of imidazole rings is 1. The summed E-state index contributed by atoms with van der Waals surface area (Å²) in [6.07, 6.45) is 8.73. The number of nitrogens with one attached hydrogen (secondary N) is 1. The molecule has 2 aromatic rings. The molecule has 0 saturated heterocycles. The van der Waals surface area contributed by atoms with Crippen molar-refractivity contribution in [3.05, 3.63) is 30.7 Å². The van der Waals surface area contributed by atoms with Crippen LogP contribution in [0.1, 0.15) is 25.7 Å². The second kappa shape index (κ2) is 5.57. The third kappa shape index (κ3) is 2.26. The molecule has 1 aromatic heterocycles. The summed E-state index contributed by atoms with van der Waals surface area (Å²) in [6.45, 7) is 0. The average Bonchev–Trinajstić information content (AvgIpc) is 3.18. The largest absolute Gasteiger partial charge is 0.494 e. The van der Waals surface area contributed by atoms with E-state index in [9.17, 15) is 0 Å². The van der Waals surface area contributed by atoms with Gasteiger partial charge in [0.05, 0.1) is 31.0 Å². The molecular weight excluding hydrogens is 250 g/mol. The molecule has 0 amide bonds. The molecule has 20 heavy (non-hydrogen) atoms. The van der Waals surface area contributed by atoms with Gasteiger partial charge in [-0.2, -0.15) is 0 Å². The Labute approximate surface area is 119 Å². The second-order valence-electron chi connectivity index (χ2n) is 5.37. The molecule has 0 bridgehead atoms. The van der Waals surface area contributed by atoms with Crippen LogP contribution in [0, 0.1) is 0 Å². The number of hydrogen-bond acceptors (Lipinski definition) is 3. The highest BCUT2D eigenvalue weighted by atomic mass is 16.5. The topological polar surface area (TPSA) is 41.1 Å². The molecule has 1 saturated carbocycles. The number of H-pyrrole nitrogens is 1. The van der Waals surface area contributed by atoms with E-state index in [1.807, 2.05) is 6.20 Å². The molecule has 0 spiro atoms. The average molecular weight is 271 g/mol. The molecule has 1 N–H and O–H groups in total. The molecule has 1 aliphatic rings. The molecule has 1 heterocycles. The molecule has 1 aliphatic carbocycles. The van der Waals surface area contributed by atoms with Gasteiger partial charge in [-0.05, 0) is 25.0 Å². The fraction of sp³-hybridized carbons (Fsp3) is 0.438. The van der Waals surface area contributed by atoms with Gasteiger partial charge in [0.25, 0.3) is 0 Å². The summed E-state index contributed by atoms with van der Waals surface area (Å²) in [4.78, 5) is 9.62. The molecule has 0 atom stereocenters. The number of benzene rings is 1. The third-order valence-electron chi connectivity index (χ3n) is 4.24. The van der Waals surface area contributed by atoms with E-state index < -0.39 is 0 Å². The van der Waals surface area contributed by atoms with E-state index in [0.717, 1.165) is 22.7 Å². The summed E-state index contributed by atoms with van der Waals surface area (Å²) in [5, 5.41) is 0. The van der Waals surface area contributed by atoms with Crippen molar-refractivity contribution in [2.75, 3.05) is 19.1 Å². The smallest absolute Gasteiger partial charge is 0.151 e. The van der Waals surface area contributed by atoms with E-state index in [1.165, 1.54) is 25.7 Å². The van der Waals surface area contributed by atoms with Crippen LogP contribution in [-0.2, 0) is 0 Å². The normalized spacial score (nSPS) is 15.5. The van der Waals surface area contributed by atoms with E-state index in [4.69, 9.17) is 4.74 Å². The lowest BCUT2D eigenvalue weighted by Crippen LogP contribution is -2.29. The molecular formula is C16H21N3O. The van der Waals surface area contributed by atoms with Crippen LogP contribution in [0.15, 0.2) is 30.7 Å². The summed E-state index contributed by atoms with van der Waals surface area (Å²) in [5.41, 5.74) is 3.21. The van der Waals surface area contributed by atoms with Gasteiger partial charge < -0.3 is 14.6 Å². The van der Waals surface area contributed by atoms with Crippen molar-refractivity contribution in [2.24, 2.45) is 0 Å². The molecule has 4 nitrogen and oxygen atoms in total. The number of aromatic nitrogens is 2. The van der Waals surface area contributed by atoms with Crippen molar-refractivity contribution in [1.82, 2.24) is 9.97 Å². The number of anilines is 1. The minimum absolute atomic E-state index is 0.626. The van der Waals surface area contributed by atoms with Crippen LogP contribution in [0.25, 0.3) is 11.3 Å². The molecule has 0 aliphatic heterocycles. The predicted molar refractivity (Wildman–Crippen MR) is 81.2 cm³/mol. The lowest BCUT2D eigenvalue weighted by Gasteiger charge is -2.28. The zero-order valence-corrected chi connectivity index (χ0v) is 12.1. The quantitative estimate of drug-likeness (QED) is 0.925. The van der Waals surface area contributed by atoms with Crippen molar-refractivity contribution >= 4 is 5.69 Å². The monoisotopic (exact) mass is 271 g/mol. The van der Waals surface area contributed by atoms with Crippen molar-refractivity contribution in [1.29, 1.82) is 0 Å². The van der Waals surface area contributed by atoms with Gasteiger partial charge in [-0.15, -0.1) is 0 Å². The fourth-order valence-electron chi connectivity index (χ4n) is 3.12. The molecule has 106 valence electrons. The maximum Gasteiger partial charge on any atom is 0.151 e. The predicted octanol–water partition coefficient (Wildman–Crippen LogP) is 3.46. The Morgan fingerprint density at radius 1 is 1.30 bits per heavy atom. The Morgan fingerprint density at radius 3 is 2.75 bits per heavy atom. The van der Waals surface area contributed by atoms with Crippen LogP contribution >= 0.6 is 0 Å². The van der Waals surface area contributed by atoms with Gasteiger partial charge in [-0.1, -0.05) is 18.9 Å². The van der Waals surface area contributed by atoms with Gasteiger partial charge in [0.2, 0.25) is 0 Å². The molecule has 0 radical (unpaired) electrons. The van der Waals surface area contributed by atoms with Crippen molar-refractivity contribution in [3.63, 3.8) is 0 Å². The summed E-state index contributed by atoms with van der Waals surface area (Å²) in [5.74, 6) is 0.922. The van der Waals surface area contributed by atoms with Crippen LogP contribution in [0.4, 0.5) is 5.69 Å². The second-order valence-corrected chi connectivity index (χ2v) is 5.37. The highest BCUT2D eigenvalue weighted by Crippen LogP contribution is 2.39. The van der Waals surface area contributed by atoms with E-state index in [0.29, 0.717) is 6.04 Å². The minimum Gasteiger partial charge on any atom is -0.494 e. The molecule has 0 unspecified atom stereocenters. The number of ether oxygens (including phenoxy) is 1. The number of rotatable bonds is 4. The highest BCUT2D eigenvalue weighted by molar-refractivity contribution is 5.76. The van der Waals surface area contributed by atoms with Gasteiger partial charge in [-0.3, -0.25) is 0 Å². The Morgan fingerprint density at radius 2 is 2.10 bits per heavy atom. The van der Waals surface area contributed by atoms with Crippen LogP contribution in [0.5, 0.6) is 5.75 Å². The fourth-order valence-corrected chi connectivity index (χ4v) is 3.12. The zero-order chi connectivity index (χ0) is 13.9. The van der Waals surface area contributed by atoms with Crippen molar-refractivity contribution < 1.29 is 4.74 Å².